The molecule has 2 unspecified atom stereocenters. The maximum atomic E-state index is 12.7. The van der Waals surface area contributed by atoms with Crippen molar-refractivity contribution in [2.24, 2.45) is 0 Å². The van der Waals surface area contributed by atoms with Gasteiger partial charge in [-0.25, -0.2) is 4.79 Å². The quantitative estimate of drug-likeness (QED) is 0.249. The minimum Gasteiger partial charge on any atom is -0.560 e. The molecule has 0 bridgehead atoms. The van der Waals surface area contributed by atoms with E-state index in [1.165, 1.54) is 20.8 Å². The second-order valence-corrected chi connectivity index (χ2v) is 8.47. The summed E-state index contributed by atoms with van der Waals surface area (Å²) < 4.78 is 22.3. The van der Waals surface area contributed by atoms with Gasteiger partial charge in [-0.05, 0) is 57.2 Å². The van der Waals surface area contributed by atoms with Crippen LogP contribution in [0.5, 0.6) is 5.75 Å². The van der Waals surface area contributed by atoms with Gasteiger partial charge in [0.05, 0.1) is 0 Å². The maximum Gasteiger partial charge on any atom is 0.394 e. The predicted molar refractivity (Wildman–Crippen MR) is 121 cm³/mol. The third-order valence-electron chi connectivity index (χ3n) is 5.58. The summed E-state index contributed by atoms with van der Waals surface area (Å²) in [6.07, 6.45) is 5.41. The zero-order valence-electron chi connectivity index (χ0n) is 19.3. The summed E-state index contributed by atoms with van der Waals surface area (Å²) in [5, 5.41) is 2.82. The molecule has 2 atom stereocenters. The second-order valence-electron chi connectivity index (χ2n) is 8.47. The van der Waals surface area contributed by atoms with Crippen molar-refractivity contribution < 1.29 is 33.2 Å². The van der Waals surface area contributed by atoms with Gasteiger partial charge in [0.1, 0.15) is 23.2 Å². The first-order valence-corrected chi connectivity index (χ1v) is 11.5. The van der Waals surface area contributed by atoms with Gasteiger partial charge in [-0.15, -0.1) is 0 Å². The van der Waals surface area contributed by atoms with E-state index >= 15 is 0 Å². The fourth-order valence-corrected chi connectivity index (χ4v) is 3.95. The number of Topliss-reactive ketones (excluding diaryl/α,β-unsaturated/α-hetero) is 1. The fourth-order valence-electron chi connectivity index (χ4n) is 3.95. The van der Waals surface area contributed by atoms with Gasteiger partial charge >= 0.3 is 13.5 Å². The molecule has 9 heteroatoms. The lowest BCUT2D eigenvalue weighted by atomic mass is 9.79. The summed E-state index contributed by atoms with van der Waals surface area (Å²) >= 11 is 0. The molecular weight excluding hydrogens is 425 g/mol. The van der Waals surface area contributed by atoms with Gasteiger partial charge in [0, 0.05) is 25.7 Å². The first kappa shape index (κ1) is 24.7. The van der Waals surface area contributed by atoms with Gasteiger partial charge in [0.15, 0.2) is 0 Å². The molecule has 1 amide bonds. The van der Waals surface area contributed by atoms with Crippen LogP contribution in [0.3, 0.4) is 0 Å². The molecule has 1 radical (unpaired) electrons. The number of ether oxygens (including phenoxy) is 3. The molecule has 177 valence electrons. The van der Waals surface area contributed by atoms with Crippen LogP contribution in [0.15, 0.2) is 30.7 Å². The summed E-state index contributed by atoms with van der Waals surface area (Å²) in [6.45, 7) is 6.82. The van der Waals surface area contributed by atoms with Gasteiger partial charge in [0.25, 0.3) is 5.95 Å². The standard InChI is InChI=1S/C24H31BNO7/c1-15(27)12-13-22(28)26-21-14-18-8-7-11-20(23(18)33-25-21)24(29)32-17(3)30-16(2)31-19-9-5-4-6-10-19/h7-8,11,17,19,21H,2,4-6,9-10,12-14H2,1,3H3,(H,26,28). The van der Waals surface area contributed by atoms with E-state index in [-0.39, 0.29) is 48.1 Å². The lowest BCUT2D eigenvalue weighted by Gasteiger charge is -2.27. The highest BCUT2D eigenvalue weighted by Gasteiger charge is 2.29. The molecule has 3 rings (SSSR count). The second kappa shape index (κ2) is 11.8. The molecule has 1 heterocycles. The van der Waals surface area contributed by atoms with E-state index in [0.717, 1.165) is 31.2 Å². The number of nitrogens with one attached hydrogen (secondary N) is 1. The molecule has 0 spiro atoms. The van der Waals surface area contributed by atoms with E-state index in [9.17, 15) is 14.4 Å². The van der Waals surface area contributed by atoms with Gasteiger partial charge in [0.2, 0.25) is 12.2 Å². The Morgan fingerprint density at radius 1 is 1.18 bits per heavy atom. The number of carbonyl (C=O) groups excluding carboxylic acids is 3. The van der Waals surface area contributed by atoms with Gasteiger partial charge in [-0.3, -0.25) is 4.79 Å². The van der Waals surface area contributed by atoms with Gasteiger partial charge in [-0.1, -0.05) is 18.6 Å². The van der Waals surface area contributed by atoms with E-state index in [4.69, 9.17) is 18.9 Å². The summed E-state index contributed by atoms with van der Waals surface area (Å²) in [5.74, 6) is -0.681. The Balaban J connectivity index is 1.52. The van der Waals surface area contributed by atoms with Crippen LogP contribution < -0.4 is 9.97 Å². The van der Waals surface area contributed by atoms with E-state index in [1.54, 1.807) is 19.1 Å². The van der Waals surface area contributed by atoms with Crippen LogP contribution in [0.25, 0.3) is 0 Å². The normalized spacial score (nSPS) is 18.5. The Bertz CT molecular complexity index is 882. The number of hydrogen-bond donors (Lipinski definition) is 1. The van der Waals surface area contributed by atoms with E-state index in [0.29, 0.717) is 12.2 Å². The van der Waals surface area contributed by atoms with Crippen LogP contribution in [0.4, 0.5) is 0 Å². The largest absolute Gasteiger partial charge is 0.560 e. The van der Waals surface area contributed by atoms with Crippen molar-refractivity contribution in [2.45, 2.75) is 83.5 Å². The highest BCUT2D eigenvalue weighted by atomic mass is 16.8. The number of rotatable bonds is 10. The first-order valence-electron chi connectivity index (χ1n) is 11.5. The van der Waals surface area contributed by atoms with Crippen LogP contribution in [-0.4, -0.2) is 43.5 Å². The van der Waals surface area contributed by atoms with Crippen molar-refractivity contribution in [1.82, 2.24) is 5.32 Å². The molecule has 2 aliphatic rings. The van der Waals surface area contributed by atoms with Gasteiger partial charge < -0.3 is 29.0 Å². The number of para-hydroxylation sites is 1. The van der Waals surface area contributed by atoms with E-state index in [2.05, 4.69) is 11.9 Å². The minimum absolute atomic E-state index is 0.0372. The van der Waals surface area contributed by atoms with Crippen molar-refractivity contribution in [3.63, 3.8) is 0 Å². The Morgan fingerprint density at radius 3 is 2.67 bits per heavy atom. The summed E-state index contributed by atoms with van der Waals surface area (Å²) in [7, 11) is 1.48. The van der Waals surface area contributed by atoms with Crippen molar-refractivity contribution in [2.75, 3.05) is 0 Å². The van der Waals surface area contributed by atoms with Crippen molar-refractivity contribution >= 4 is 25.1 Å². The number of carbonyl (C=O) groups is 3. The molecule has 33 heavy (non-hydrogen) atoms. The number of esters is 1. The third-order valence-corrected chi connectivity index (χ3v) is 5.58. The van der Waals surface area contributed by atoms with E-state index in [1.807, 2.05) is 6.07 Å². The zero-order valence-corrected chi connectivity index (χ0v) is 19.3. The molecule has 0 aromatic heterocycles. The van der Waals surface area contributed by atoms with Crippen molar-refractivity contribution in [1.29, 1.82) is 0 Å². The van der Waals surface area contributed by atoms with Crippen molar-refractivity contribution in [3.05, 3.63) is 41.9 Å². The number of benzene rings is 1. The SMILES string of the molecule is C=C(OC1CCCCC1)OC(C)OC(=O)c1cccc2c1O[B]C(NC(=O)CCC(C)=O)C2. The maximum absolute atomic E-state index is 12.7. The Labute approximate surface area is 195 Å². The monoisotopic (exact) mass is 456 g/mol. The molecule has 1 aromatic carbocycles. The number of fused-ring (bicyclic) bond motifs is 1. The molecule has 1 N–H and O–H groups in total. The Kier molecular flexibility index (Phi) is 8.80. The zero-order chi connectivity index (χ0) is 23.8. The Morgan fingerprint density at radius 2 is 1.94 bits per heavy atom. The first-order chi connectivity index (χ1) is 15.8. The van der Waals surface area contributed by atoms with Crippen LogP contribution in [0.1, 0.15) is 74.7 Å². The topological polar surface area (TPSA) is 100 Å². The predicted octanol–water partition coefficient (Wildman–Crippen LogP) is 3.39. The van der Waals surface area contributed by atoms with Crippen LogP contribution >= 0.6 is 0 Å². The highest BCUT2D eigenvalue weighted by molar-refractivity contribution is 6.32. The average molecular weight is 456 g/mol. The molecule has 1 fully saturated rings. The summed E-state index contributed by atoms with van der Waals surface area (Å²) in [4.78, 5) is 35.8. The number of ketones is 1. The Hall–Kier alpha value is -2.97. The summed E-state index contributed by atoms with van der Waals surface area (Å²) in [5.41, 5.74) is 1.03. The average Bonchev–Trinajstić information content (AvgIpc) is 2.77. The third kappa shape index (κ3) is 7.54. The molecule has 1 aromatic rings. The lowest BCUT2D eigenvalue weighted by Crippen LogP contribution is -2.45. The van der Waals surface area contributed by atoms with Crippen LogP contribution in [0, 0.1) is 0 Å². The molecule has 1 saturated carbocycles. The number of amides is 1. The van der Waals surface area contributed by atoms with Gasteiger partial charge in [-0.2, -0.15) is 0 Å². The molecular formula is C24H31BNO7. The van der Waals surface area contributed by atoms with Crippen LogP contribution in [0.2, 0.25) is 0 Å². The summed E-state index contributed by atoms with van der Waals surface area (Å²) in [6, 6.07) is 5.17. The van der Waals surface area contributed by atoms with Crippen LogP contribution in [-0.2, 0) is 30.2 Å². The molecule has 1 aliphatic carbocycles. The van der Waals surface area contributed by atoms with Crippen molar-refractivity contribution in [3.8, 4) is 5.75 Å². The highest BCUT2D eigenvalue weighted by Crippen LogP contribution is 2.29. The molecule has 0 saturated heterocycles. The molecule has 8 nitrogen and oxygen atoms in total. The number of hydrogen-bond acceptors (Lipinski definition) is 7. The van der Waals surface area contributed by atoms with E-state index < -0.39 is 12.3 Å². The molecule has 1 aliphatic heterocycles. The fraction of sp³-hybridized carbons (Fsp3) is 0.542. The minimum atomic E-state index is -0.884. The lowest BCUT2D eigenvalue weighted by molar-refractivity contribution is -0.125. The smallest absolute Gasteiger partial charge is 0.394 e.